The number of aryl methyl sites for hydroxylation is 1. The first-order valence-corrected chi connectivity index (χ1v) is 11.5. The predicted molar refractivity (Wildman–Crippen MR) is 122 cm³/mol. The molecule has 0 unspecified atom stereocenters. The van der Waals surface area contributed by atoms with Crippen molar-refractivity contribution < 1.29 is 18.3 Å². The highest BCUT2D eigenvalue weighted by atomic mass is 35.5. The van der Waals surface area contributed by atoms with Gasteiger partial charge in [-0.25, -0.2) is 17.2 Å². The highest BCUT2D eigenvalue weighted by Crippen LogP contribution is 2.30. The highest BCUT2D eigenvalue weighted by Gasteiger charge is 2.24. The molecule has 4 aromatic rings. The molecule has 3 aromatic carbocycles. The molecule has 0 amide bonds. The third-order valence-corrected chi connectivity index (χ3v) is 7.47. The van der Waals surface area contributed by atoms with Crippen molar-refractivity contribution in [2.45, 2.75) is 18.2 Å². The van der Waals surface area contributed by atoms with Crippen molar-refractivity contribution in [3.8, 4) is 0 Å². The summed E-state index contributed by atoms with van der Waals surface area (Å²) in [5.74, 6) is -1.02. The van der Waals surface area contributed by atoms with Crippen LogP contribution in [0.5, 0.6) is 0 Å². The molecule has 1 heterocycles. The normalized spacial score (nSPS) is 11.7. The summed E-state index contributed by atoms with van der Waals surface area (Å²) < 4.78 is 28.6. The number of rotatable bonds is 5. The molecule has 5 nitrogen and oxygen atoms in total. The summed E-state index contributed by atoms with van der Waals surface area (Å²) in [6, 6.07) is 17.8. The molecule has 0 saturated carbocycles. The van der Waals surface area contributed by atoms with Gasteiger partial charge in [-0.15, -0.1) is 0 Å². The number of fused-ring (bicyclic) bond motifs is 1. The average molecular weight is 474 g/mol. The maximum Gasteiger partial charge on any atom is 0.335 e. The van der Waals surface area contributed by atoms with Crippen LogP contribution in [0.15, 0.2) is 71.6 Å². The SMILES string of the molecule is Cc1cc(S(=O)(=O)n2c(Cc3ccc(C(=O)O)cc3)cc3cc(Cl)ccc32)ccc1Cl. The smallest absolute Gasteiger partial charge is 0.335 e. The molecular weight excluding hydrogens is 457 g/mol. The second kappa shape index (κ2) is 8.04. The zero-order valence-electron chi connectivity index (χ0n) is 16.3. The van der Waals surface area contributed by atoms with E-state index in [4.69, 9.17) is 28.3 Å². The molecule has 158 valence electrons. The van der Waals surface area contributed by atoms with Crippen molar-refractivity contribution in [2.24, 2.45) is 0 Å². The van der Waals surface area contributed by atoms with E-state index >= 15 is 0 Å². The van der Waals surface area contributed by atoms with Crippen LogP contribution in [0.25, 0.3) is 10.9 Å². The molecule has 0 aliphatic carbocycles. The molecule has 1 N–H and O–H groups in total. The van der Waals surface area contributed by atoms with Crippen LogP contribution in [0.3, 0.4) is 0 Å². The van der Waals surface area contributed by atoms with Gasteiger partial charge in [0, 0.05) is 27.5 Å². The molecule has 0 fully saturated rings. The quantitative estimate of drug-likeness (QED) is 0.398. The highest BCUT2D eigenvalue weighted by molar-refractivity contribution is 7.90. The van der Waals surface area contributed by atoms with Crippen LogP contribution in [0.1, 0.15) is 27.2 Å². The van der Waals surface area contributed by atoms with Gasteiger partial charge in [-0.1, -0.05) is 35.3 Å². The first-order chi connectivity index (χ1) is 14.7. The number of halogens is 2. The van der Waals surface area contributed by atoms with Gasteiger partial charge >= 0.3 is 5.97 Å². The minimum atomic E-state index is -3.93. The number of carboxylic acid groups (broad SMARTS) is 1. The Morgan fingerprint density at radius 1 is 0.968 bits per heavy atom. The fourth-order valence-electron chi connectivity index (χ4n) is 3.48. The molecule has 0 saturated heterocycles. The van der Waals surface area contributed by atoms with Crippen LogP contribution in [0, 0.1) is 6.92 Å². The van der Waals surface area contributed by atoms with Gasteiger partial charge in [0.15, 0.2) is 0 Å². The van der Waals surface area contributed by atoms with Crippen LogP contribution in [-0.4, -0.2) is 23.5 Å². The molecule has 0 aliphatic rings. The third kappa shape index (κ3) is 4.06. The summed E-state index contributed by atoms with van der Waals surface area (Å²) >= 11 is 12.2. The Labute approximate surface area is 189 Å². The maximum absolute atomic E-state index is 13.6. The molecule has 0 aliphatic heterocycles. The van der Waals surface area contributed by atoms with Crippen LogP contribution in [0.2, 0.25) is 10.0 Å². The van der Waals surface area contributed by atoms with E-state index in [0.717, 1.165) is 5.56 Å². The van der Waals surface area contributed by atoms with E-state index in [1.54, 1.807) is 55.5 Å². The van der Waals surface area contributed by atoms with Gasteiger partial charge in [0.1, 0.15) is 0 Å². The van der Waals surface area contributed by atoms with Crippen LogP contribution < -0.4 is 0 Å². The number of hydrogen-bond acceptors (Lipinski definition) is 3. The lowest BCUT2D eigenvalue weighted by Gasteiger charge is -2.13. The number of carboxylic acids is 1. The lowest BCUT2D eigenvalue weighted by Crippen LogP contribution is -2.16. The number of aromatic nitrogens is 1. The molecule has 0 spiro atoms. The number of benzene rings is 3. The minimum Gasteiger partial charge on any atom is -0.478 e. The Kier molecular flexibility index (Phi) is 5.56. The van der Waals surface area contributed by atoms with E-state index < -0.39 is 16.0 Å². The fourth-order valence-corrected chi connectivity index (χ4v) is 5.41. The van der Waals surface area contributed by atoms with E-state index in [1.165, 1.54) is 22.2 Å². The van der Waals surface area contributed by atoms with Crippen molar-refractivity contribution in [2.75, 3.05) is 0 Å². The first-order valence-electron chi connectivity index (χ1n) is 9.30. The molecule has 8 heteroatoms. The predicted octanol–water partition coefficient (Wildman–Crippen LogP) is 5.78. The van der Waals surface area contributed by atoms with E-state index in [2.05, 4.69) is 0 Å². The molecular formula is C23H17Cl2NO4S. The average Bonchev–Trinajstić information content (AvgIpc) is 3.07. The van der Waals surface area contributed by atoms with Gasteiger partial charge in [-0.05, 0) is 72.6 Å². The van der Waals surface area contributed by atoms with E-state index in [0.29, 0.717) is 32.2 Å². The summed E-state index contributed by atoms with van der Waals surface area (Å²) in [4.78, 5) is 11.2. The van der Waals surface area contributed by atoms with Gasteiger partial charge in [0.05, 0.1) is 16.0 Å². The van der Waals surface area contributed by atoms with Crippen molar-refractivity contribution in [3.63, 3.8) is 0 Å². The van der Waals surface area contributed by atoms with Crippen LogP contribution in [0.4, 0.5) is 0 Å². The van der Waals surface area contributed by atoms with Gasteiger partial charge in [0.25, 0.3) is 10.0 Å². The van der Waals surface area contributed by atoms with Crippen molar-refractivity contribution in [3.05, 3.63) is 99.2 Å². The Morgan fingerprint density at radius 2 is 1.68 bits per heavy atom. The number of hydrogen-bond donors (Lipinski definition) is 1. The zero-order valence-corrected chi connectivity index (χ0v) is 18.7. The monoisotopic (exact) mass is 473 g/mol. The molecule has 31 heavy (non-hydrogen) atoms. The number of nitrogens with zero attached hydrogens (tertiary/aromatic N) is 1. The summed E-state index contributed by atoms with van der Waals surface area (Å²) in [5.41, 5.74) is 2.65. The second-order valence-electron chi connectivity index (χ2n) is 7.20. The maximum atomic E-state index is 13.6. The Balaban J connectivity index is 1.88. The molecule has 0 radical (unpaired) electrons. The summed E-state index contributed by atoms with van der Waals surface area (Å²) in [5, 5.41) is 10.8. The third-order valence-electron chi connectivity index (χ3n) is 5.05. The molecule has 4 rings (SSSR count). The number of carbonyl (C=O) groups is 1. The lowest BCUT2D eigenvalue weighted by molar-refractivity contribution is 0.0697. The van der Waals surface area contributed by atoms with Gasteiger partial charge in [0.2, 0.25) is 0 Å². The van der Waals surface area contributed by atoms with Crippen LogP contribution >= 0.6 is 23.2 Å². The van der Waals surface area contributed by atoms with Crippen molar-refractivity contribution in [1.82, 2.24) is 3.97 Å². The van der Waals surface area contributed by atoms with E-state index in [9.17, 15) is 13.2 Å². The first kappa shape index (κ1) is 21.4. The molecule has 1 aromatic heterocycles. The topological polar surface area (TPSA) is 76.4 Å². The summed E-state index contributed by atoms with van der Waals surface area (Å²) in [6.07, 6.45) is 0.290. The van der Waals surface area contributed by atoms with Crippen LogP contribution in [-0.2, 0) is 16.4 Å². The Bertz CT molecular complexity index is 1420. The summed E-state index contributed by atoms with van der Waals surface area (Å²) in [7, 11) is -3.93. The standard InChI is InChI=1S/C23H17Cl2NO4S/c1-14-10-20(7-8-21(14)25)31(29,30)26-19(13-17-12-18(24)6-9-22(17)26)11-15-2-4-16(5-3-15)23(27)28/h2-10,12-13H,11H2,1H3,(H,27,28). The van der Waals surface area contributed by atoms with Gasteiger partial charge < -0.3 is 5.11 Å². The van der Waals surface area contributed by atoms with Crippen molar-refractivity contribution >= 4 is 50.1 Å². The Morgan fingerprint density at radius 3 is 2.32 bits per heavy atom. The zero-order chi connectivity index (χ0) is 22.3. The molecule has 0 bridgehead atoms. The lowest BCUT2D eigenvalue weighted by atomic mass is 10.1. The largest absolute Gasteiger partial charge is 0.478 e. The minimum absolute atomic E-state index is 0.129. The molecule has 0 atom stereocenters. The van der Waals surface area contributed by atoms with Gasteiger partial charge in [-0.3, -0.25) is 0 Å². The fraction of sp³-hybridized carbons (Fsp3) is 0.0870. The van der Waals surface area contributed by atoms with Crippen molar-refractivity contribution in [1.29, 1.82) is 0 Å². The number of aromatic carboxylic acids is 1. The second-order valence-corrected chi connectivity index (χ2v) is 9.83. The van der Waals surface area contributed by atoms with Gasteiger partial charge in [-0.2, -0.15) is 0 Å². The van der Waals surface area contributed by atoms with E-state index in [-0.39, 0.29) is 16.9 Å². The van der Waals surface area contributed by atoms with E-state index in [1.807, 2.05) is 0 Å². The Hall–Kier alpha value is -2.80. The summed E-state index contributed by atoms with van der Waals surface area (Å²) in [6.45, 7) is 1.75.